The molecule has 2 aromatic rings. The van der Waals surface area contributed by atoms with E-state index in [0.717, 1.165) is 17.0 Å². The molecule has 3 rings (SSSR count). The van der Waals surface area contributed by atoms with Gasteiger partial charge in [0.1, 0.15) is 6.04 Å². The number of hydrogen-bond acceptors (Lipinski definition) is 6. The van der Waals surface area contributed by atoms with Gasteiger partial charge in [-0.1, -0.05) is 0 Å². The number of H-pyrrole nitrogens is 1. The minimum absolute atomic E-state index is 0.0637. The molecule has 23 heavy (non-hydrogen) atoms. The number of aromatic nitrogens is 4. The molecule has 0 aromatic carbocycles. The summed E-state index contributed by atoms with van der Waals surface area (Å²) in [5, 5.41) is 6.99. The fourth-order valence-corrected chi connectivity index (χ4v) is 2.92. The Labute approximate surface area is 134 Å². The first kappa shape index (κ1) is 15.4. The van der Waals surface area contributed by atoms with E-state index in [1.807, 2.05) is 13.8 Å². The summed E-state index contributed by atoms with van der Waals surface area (Å²) in [6.07, 6.45) is 3.44. The predicted octanol–water partition coefficient (Wildman–Crippen LogP) is 0.165. The largest absolute Gasteiger partial charge is 0.337 e. The fraction of sp³-hybridized carbons (Fsp3) is 0.467. The van der Waals surface area contributed by atoms with Gasteiger partial charge in [0, 0.05) is 49.8 Å². The Kier molecular flexibility index (Phi) is 4.24. The lowest BCUT2D eigenvalue weighted by molar-refractivity contribution is -0.133. The lowest BCUT2D eigenvalue weighted by Gasteiger charge is -2.35. The predicted molar refractivity (Wildman–Crippen MR) is 85.8 cm³/mol. The van der Waals surface area contributed by atoms with E-state index >= 15 is 0 Å². The number of nitrogens with zero attached hydrogens (tertiary/aromatic N) is 5. The zero-order valence-electron chi connectivity index (χ0n) is 13.4. The van der Waals surface area contributed by atoms with Gasteiger partial charge < -0.3 is 15.5 Å². The smallest absolute Gasteiger partial charge is 0.244 e. The van der Waals surface area contributed by atoms with Crippen LogP contribution in [0.1, 0.15) is 23.0 Å². The lowest BCUT2D eigenvalue weighted by atomic mass is 10.0. The van der Waals surface area contributed by atoms with E-state index in [-0.39, 0.29) is 5.91 Å². The van der Waals surface area contributed by atoms with E-state index in [9.17, 15) is 4.79 Å². The van der Waals surface area contributed by atoms with Crippen LogP contribution in [0.15, 0.2) is 18.5 Å². The molecule has 122 valence electrons. The van der Waals surface area contributed by atoms with Crippen molar-refractivity contribution in [2.75, 3.05) is 31.1 Å². The molecule has 1 amide bonds. The number of aromatic amines is 1. The number of hydrogen-bond donors (Lipinski definition) is 2. The lowest BCUT2D eigenvalue weighted by Crippen LogP contribution is -2.51. The number of carbonyl (C=O) groups excluding carboxylic acids is 1. The van der Waals surface area contributed by atoms with Gasteiger partial charge in [-0.25, -0.2) is 9.97 Å². The van der Waals surface area contributed by atoms with E-state index in [2.05, 4.69) is 25.1 Å². The molecule has 0 spiro atoms. The second kappa shape index (κ2) is 6.33. The Morgan fingerprint density at radius 2 is 1.87 bits per heavy atom. The summed E-state index contributed by atoms with van der Waals surface area (Å²) in [6, 6.07) is 1.12. The quantitative estimate of drug-likeness (QED) is 0.836. The number of nitrogens with two attached hydrogens (primary N) is 1. The average Bonchev–Trinajstić information content (AvgIpc) is 2.93. The van der Waals surface area contributed by atoms with Crippen molar-refractivity contribution in [1.29, 1.82) is 0 Å². The van der Waals surface area contributed by atoms with Crippen molar-refractivity contribution in [3.63, 3.8) is 0 Å². The summed E-state index contributed by atoms with van der Waals surface area (Å²) >= 11 is 0. The van der Waals surface area contributed by atoms with Gasteiger partial charge in [-0.3, -0.25) is 9.89 Å². The second-order valence-corrected chi connectivity index (χ2v) is 5.69. The van der Waals surface area contributed by atoms with Gasteiger partial charge >= 0.3 is 0 Å². The number of carbonyl (C=O) groups is 1. The SMILES string of the molecule is Cc1n[nH]c(C)c1C(N)C(=O)N1CCN(c2ncccn2)CC1. The van der Waals surface area contributed by atoms with Crippen molar-refractivity contribution in [1.82, 2.24) is 25.1 Å². The van der Waals surface area contributed by atoms with E-state index in [0.29, 0.717) is 32.1 Å². The summed E-state index contributed by atoms with van der Waals surface area (Å²) in [7, 11) is 0. The summed E-state index contributed by atoms with van der Waals surface area (Å²) in [4.78, 5) is 25.0. The highest BCUT2D eigenvalue weighted by atomic mass is 16.2. The van der Waals surface area contributed by atoms with Crippen molar-refractivity contribution in [2.45, 2.75) is 19.9 Å². The average molecular weight is 315 g/mol. The standard InChI is InChI=1S/C15H21N7O/c1-10-12(11(2)20-19-10)13(16)14(23)21-6-8-22(9-7-21)15-17-4-3-5-18-15/h3-5,13H,6-9,16H2,1-2H3,(H,19,20). The van der Waals surface area contributed by atoms with Crippen molar-refractivity contribution in [3.8, 4) is 0 Å². The summed E-state index contributed by atoms with van der Waals surface area (Å²) in [5.74, 6) is 0.636. The Bertz CT molecular complexity index is 657. The zero-order chi connectivity index (χ0) is 16.4. The molecule has 1 aliphatic heterocycles. The molecule has 2 aromatic heterocycles. The van der Waals surface area contributed by atoms with Crippen LogP contribution < -0.4 is 10.6 Å². The number of amides is 1. The van der Waals surface area contributed by atoms with E-state index in [4.69, 9.17) is 5.73 Å². The molecule has 1 saturated heterocycles. The van der Waals surface area contributed by atoms with Crippen molar-refractivity contribution < 1.29 is 4.79 Å². The molecule has 8 heteroatoms. The maximum atomic E-state index is 12.7. The van der Waals surface area contributed by atoms with Crippen molar-refractivity contribution >= 4 is 11.9 Å². The van der Waals surface area contributed by atoms with Crippen LogP contribution in [0.2, 0.25) is 0 Å². The molecule has 3 N–H and O–H groups in total. The Hall–Kier alpha value is -2.48. The monoisotopic (exact) mass is 315 g/mol. The molecule has 1 fully saturated rings. The molecule has 1 atom stereocenters. The van der Waals surface area contributed by atoms with Gasteiger partial charge in [0.2, 0.25) is 11.9 Å². The first-order chi connectivity index (χ1) is 11.1. The first-order valence-electron chi connectivity index (χ1n) is 7.65. The van der Waals surface area contributed by atoms with E-state index in [1.54, 1.807) is 23.4 Å². The summed E-state index contributed by atoms with van der Waals surface area (Å²) < 4.78 is 0. The van der Waals surface area contributed by atoms with Crippen LogP contribution in [0.3, 0.4) is 0 Å². The van der Waals surface area contributed by atoms with Gasteiger partial charge in [0.25, 0.3) is 0 Å². The zero-order valence-corrected chi connectivity index (χ0v) is 13.4. The molecular weight excluding hydrogens is 294 g/mol. The van der Waals surface area contributed by atoms with Gasteiger partial charge in [-0.2, -0.15) is 5.10 Å². The number of piperazine rings is 1. The third kappa shape index (κ3) is 3.02. The third-order valence-electron chi connectivity index (χ3n) is 4.19. The van der Waals surface area contributed by atoms with Gasteiger partial charge in [-0.05, 0) is 19.9 Å². The second-order valence-electron chi connectivity index (χ2n) is 5.69. The van der Waals surface area contributed by atoms with E-state index in [1.165, 1.54) is 0 Å². The van der Waals surface area contributed by atoms with Crippen LogP contribution >= 0.6 is 0 Å². The molecule has 1 aliphatic rings. The van der Waals surface area contributed by atoms with Crippen molar-refractivity contribution in [2.24, 2.45) is 5.73 Å². The van der Waals surface area contributed by atoms with Crippen LogP contribution in [0.5, 0.6) is 0 Å². The van der Waals surface area contributed by atoms with Crippen LogP contribution in [-0.2, 0) is 4.79 Å². The Morgan fingerprint density at radius 1 is 1.22 bits per heavy atom. The first-order valence-corrected chi connectivity index (χ1v) is 7.65. The number of rotatable bonds is 3. The van der Waals surface area contributed by atoms with Crippen LogP contribution in [-0.4, -0.2) is 57.2 Å². The molecule has 0 bridgehead atoms. The van der Waals surface area contributed by atoms with E-state index < -0.39 is 6.04 Å². The van der Waals surface area contributed by atoms with Crippen LogP contribution in [0.4, 0.5) is 5.95 Å². The topological polar surface area (TPSA) is 104 Å². The molecule has 8 nitrogen and oxygen atoms in total. The third-order valence-corrected chi connectivity index (χ3v) is 4.19. The molecule has 0 saturated carbocycles. The number of aryl methyl sites for hydroxylation is 2. The maximum absolute atomic E-state index is 12.7. The maximum Gasteiger partial charge on any atom is 0.244 e. The highest BCUT2D eigenvalue weighted by Gasteiger charge is 2.29. The minimum Gasteiger partial charge on any atom is -0.337 e. The van der Waals surface area contributed by atoms with Gasteiger partial charge in [0.15, 0.2) is 0 Å². The highest BCUT2D eigenvalue weighted by Crippen LogP contribution is 2.20. The Balaban J connectivity index is 1.64. The Morgan fingerprint density at radius 3 is 2.43 bits per heavy atom. The molecule has 1 unspecified atom stereocenters. The summed E-state index contributed by atoms with van der Waals surface area (Å²) in [5.41, 5.74) is 8.59. The molecule has 0 radical (unpaired) electrons. The van der Waals surface area contributed by atoms with Crippen LogP contribution in [0, 0.1) is 13.8 Å². The van der Waals surface area contributed by atoms with Crippen molar-refractivity contribution in [3.05, 3.63) is 35.4 Å². The minimum atomic E-state index is -0.673. The van der Waals surface area contributed by atoms with Gasteiger partial charge in [0.05, 0.1) is 5.69 Å². The van der Waals surface area contributed by atoms with Crippen LogP contribution in [0.25, 0.3) is 0 Å². The molecule has 0 aliphatic carbocycles. The number of nitrogens with one attached hydrogen (secondary N) is 1. The fourth-order valence-electron chi connectivity index (χ4n) is 2.92. The number of anilines is 1. The highest BCUT2D eigenvalue weighted by molar-refractivity contribution is 5.83. The summed E-state index contributed by atoms with van der Waals surface area (Å²) in [6.45, 7) is 6.36. The van der Waals surface area contributed by atoms with Gasteiger partial charge in [-0.15, -0.1) is 0 Å². The normalized spacial score (nSPS) is 16.5. The molecular formula is C15H21N7O. The molecule has 3 heterocycles.